The fourth-order valence-electron chi connectivity index (χ4n) is 1.15. The summed E-state index contributed by atoms with van der Waals surface area (Å²) in [5.41, 5.74) is 1.71. The molecule has 60 valence electrons. The lowest BCUT2D eigenvalue weighted by Crippen LogP contribution is -1.96. The van der Waals surface area contributed by atoms with Gasteiger partial charge in [0, 0.05) is 11.8 Å². The van der Waals surface area contributed by atoms with E-state index >= 15 is 0 Å². The van der Waals surface area contributed by atoms with Crippen LogP contribution in [0.3, 0.4) is 0 Å². The van der Waals surface area contributed by atoms with Crippen LogP contribution >= 0.6 is 0 Å². The van der Waals surface area contributed by atoms with Crippen molar-refractivity contribution in [1.82, 2.24) is 4.98 Å². The van der Waals surface area contributed by atoms with Crippen LogP contribution in [0.15, 0.2) is 12.3 Å². The Morgan fingerprint density at radius 2 is 2.09 bits per heavy atom. The third-order valence-corrected chi connectivity index (χ3v) is 1.81. The van der Waals surface area contributed by atoms with Gasteiger partial charge in [-0.1, -0.05) is 13.8 Å². The molecule has 0 aliphatic heterocycles. The van der Waals surface area contributed by atoms with Crippen molar-refractivity contribution in [2.45, 2.75) is 26.7 Å². The lowest BCUT2D eigenvalue weighted by Gasteiger charge is -2.08. The lowest BCUT2D eigenvalue weighted by atomic mass is 10.0. The van der Waals surface area contributed by atoms with Crippen LogP contribution in [0.25, 0.3) is 0 Å². The number of halogens is 1. The van der Waals surface area contributed by atoms with Crippen LogP contribution in [0.2, 0.25) is 0 Å². The molecule has 1 rings (SSSR count). The summed E-state index contributed by atoms with van der Waals surface area (Å²) >= 11 is 0. The van der Waals surface area contributed by atoms with Crippen molar-refractivity contribution in [2.24, 2.45) is 0 Å². The van der Waals surface area contributed by atoms with E-state index in [0.29, 0.717) is 11.5 Å². The molecule has 11 heavy (non-hydrogen) atoms. The van der Waals surface area contributed by atoms with Crippen molar-refractivity contribution in [3.8, 4) is 0 Å². The predicted molar refractivity (Wildman–Crippen MR) is 43.0 cm³/mol. The molecule has 0 atom stereocenters. The first-order chi connectivity index (χ1) is 5.13. The van der Waals surface area contributed by atoms with Gasteiger partial charge in [-0.25, -0.2) is 4.98 Å². The van der Waals surface area contributed by atoms with Gasteiger partial charge in [0.15, 0.2) is 0 Å². The van der Waals surface area contributed by atoms with E-state index in [0.717, 1.165) is 5.56 Å². The monoisotopic (exact) mass is 153 g/mol. The second kappa shape index (κ2) is 2.99. The molecule has 0 spiro atoms. The summed E-state index contributed by atoms with van der Waals surface area (Å²) in [4.78, 5) is 3.56. The highest BCUT2D eigenvalue weighted by atomic mass is 19.1. The minimum absolute atomic E-state index is 0.351. The molecule has 0 fully saturated rings. The van der Waals surface area contributed by atoms with E-state index < -0.39 is 0 Å². The van der Waals surface area contributed by atoms with Gasteiger partial charge in [0.25, 0.3) is 0 Å². The molecular weight excluding hydrogens is 141 g/mol. The molecule has 0 aromatic carbocycles. The minimum atomic E-state index is -0.351. The maximum atomic E-state index is 12.8. The van der Waals surface area contributed by atoms with Crippen molar-refractivity contribution in [2.75, 3.05) is 0 Å². The normalized spacial score (nSPS) is 10.6. The van der Waals surface area contributed by atoms with Crippen LogP contribution in [-0.4, -0.2) is 4.98 Å². The Bertz CT molecular complexity index is 256. The van der Waals surface area contributed by atoms with Crippen molar-refractivity contribution in [3.63, 3.8) is 0 Å². The highest BCUT2D eigenvalue weighted by molar-refractivity contribution is 5.25. The van der Waals surface area contributed by atoms with Crippen molar-refractivity contribution in [3.05, 3.63) is 29.3 Å². The van der Waals surface area contributed by atoms with Gasteiger partial charge in [-0.2, -0.15) is 4.39 Å². The highest BCUT2D eigenvalue weighted by Crippen LogP contribution is 2.18. The van der Waals surface area contributed by atoms with Crippen LogP contribution in [0.1, 0.15) is 30.9 Å². The second-order valence-corrected chi connectivity index (χ2v) is 2.97. The fraction of sp³-hybridized carbons (Fsp3) is 0.444. The van der Waals surface area contributed by atoms with Gasteiger partial charge in [0.2, 0.25) is 5.95 Å². The Morgan fingerprint density at radius 1 is 1.45 bits per heavy atom. The molecule has 0 amide bonds. The van der Waals surface area contributed by atoms with Gasteiger partial charge in [0.1, 0.15) is 0 Å². The molecule has 2 heteroatoms. The molecule has 1 heterocycles. The van der Waals surface area contributed by atoms with E-state index in [9.17, 15) is 4.39 Å². The second-order valence-electron chi connectivity index (χ2n) is 2.97. The summed E-state index contributed by atoms with van der Waals surface area (Å²) in [6.07, 6.45) is 1.51. The Morgan fingerprint density at radius 3 is 2.55 bits per heavy atom. The van der Waals surface area contributed by atoms with Gasteiger partial charge in [-0.3, -0.25) is 0 Å². The van der Waals surface area contributed by atoms with Crippen LogP contribution in [0, 0.1) is 12.9 Å². The first-order valence-electron chi connectivity index (χ1n) is 3.74. The van der Waals surface area contributed by atoms with Crippen molar-refractivity contribution >= 4 is 0 Å². The molecule has 0 saturated heterocycles. The van der Waals surface area contributed by atoms with Crippen molar-refractivity contribution in [1.29, 1.82) is 0 Å². The van der Waals surface area contributed by atoms with E-state index in [1.807, 2.05) is 19.9 Å². The summed E-state index contributed by atoms with van der Waals surface area (Å²) in [7, 11) is 0. The molecule has 0 aliphatic carbocycles. The lowest BCUT2D eigenvalue weighted by molar-refractivity contribution is 0.569. The SMILES string of the molecule is Cc1c(C(C)C)ccnc1F. The van der Waals surface area contributed by atoms with Crippen molar-refractivity contribution < 1.29 is 4.39 Å². The molecule has 1 aromatic rings. The molecule has 0 saturated carbocycles. The number of nitrogens with zero attached hydrogens (tertiary/aromatic N) is 1. The quantitative estimate of drug-likeness (QED) is 0.565. The van der Waals surface area contributed by atoms with Gasteiger partial charge < -0.3 is 0 Å². The van der Waals surface area contributed by atoms with Crippen LogP contribution in [-0.2, 0) is 0 Å². The average Bonchev–Trinajstić information content (AvgIpc) is 1.94. The molecule has 0 aliphatic rings. The Hall–Kier alpha value is -0.920. The zero-order chi connectivity index (χ0) is 8.43. The van der Waals surface area contributed by atoms with Gasteiger partial charge >= 0.3 is 0 Å². The first kappa shape index (κ1) is 8.18. The number of hydrogen-bond donors (Lipinski definition) is 0. The third kappa shape index (κ3) is 1.56. The molecule has 0 bridgehead atoms. The van der Waals surface area contributed by atoms with E-state index in [4.69, 9.17) is 0 Å². The number of aromatic nitrogens is 1. The Balaban J connectivity index is 3.17. The van der Waals surface area contributed by atoms with Gasteiger partial charge in [-0.05, 0) is 24.5 Å². The summed E-state index contributed by atoms with van der Waals surface area (Å²) in [5.74, 6) is 0.0173. The predicted octanol–water partition coefficient (Wildman–Crippen LogP) is 2.65. The number of rotatable bonds is 1. The standard InChI is InChI=1S/C9H12FN/c1-6(2)8-4-5-11-9(10)7(8)3/h4-6H,1-3H3. The van der Waals surface area contributed by atoms with E-state index in [1.165, 1.54) is 6.20 Å². The zero-order valence-electron chi connectivity index (χ0n) is 7.06. The topological polar surface area (TPSA) is 12.9 Å². The summed E-state index contributed by atoms with van der Waals surface area (Å²) < 4.78 is 12.8. The molecule has 0 N–H and O–H groups in total. The average molecular weight is 153 g/mol. The van der Waals surface area contributed by atoms with E-state index in [-0.39, 0.29) is 5.95 Å². The van der Waals surface area contributed by atoms with Gasteiger partial charge in [-0.15, -0.1) is 0 Å². The maximum Gasteiger partial charge on any atom is 0.216 e. The smallest absolute Gasteiger partial charge is 0.216 e. The highest BCUT2D eigenvalue weighted by Gasteiger charge is 2.06. The van der Waals surface area contributed by atoms with E-state index in [1.54, 1.807) is 6.92 Å². The zero-order valence-corrected chi connectivity index (χ0v) is 7.06. The molecular formula is C9H12FN. The molecule has 1 nitrogen and oxygen atoms in total. The van der Waals surface area contributed by atoms with Crippen LogP contribution in [0.4, 0.5) is 4.39 Å². The minimum Gasteiger partial charge on any atom is -0.228 e. The fourth-order valence-corrected chi connectivity index (χ4v) is 1.15. The summed E-state index contributed by atoms with van der Waals surface area (Å²) in [5, 5.41) is 0. The summed E-state index contributed by atoms with van der Waals surface area (Å²) in [6.45, 7) is 5.85. The number of hydrogen-bond acceptors (Lipinski definition) is 1. The maximum absolute atomic E-state index is 12.8. The Labute approximate surface area is 66.3 Å². The third-order valence-electron chi connectivity index (χ3n) is 1.81. The summed E-state index contributed by atoms with van der Waals surface area (Å²) in [6, 6.07) is 1.86. The first-order valence-corrected chi connectivity index (χ1v) is 3.74. The largest absolute Gasteiger partial charge is 0.228 e. The molecule has 0 unspecified atom stereocenters. The number of pyridine rings is 1. The van der Waals surface area contributed by atoms with Crippen LogP contribution in [0.5, 0.6) is 0 Å². The van der Waals surface area contributed by atoms with E-state index in [2.05, 4.69) is 4.98 Å². The van der Waals surface area contributed by atoms with Crippen LogP contribution < -0.4 is 0 Å². The van der Waals surface area contributed by atoms with Gasteiger partial charge in [0.05, 0.1) is 0 Å². The molecule has 1 aromatic heterocycles. The Kier molecular flexibility index (Phi) is 2.22. The molecule has 0 radical (unpaired) electrons.